The zero-order chi connectivity index (χ0) is 19.9. The first-order chi connectivity index (χ1) is 12.8. The predicted octanol–water partition coefficient (Wildman–Crippen LogP) is 4.89. The molecule has 0 aliphatic carbocycles. The van der Waals surface area contributed by atoms with E-state index in [2.05, 4.69) is 43.5 Å². The number of aryl methyl sites for hydroxylation is 1. The van der Waals surface area contributed by atoms with Crippen LogP contribution in [0.15, 0.2) is 42.5 Å². The fourth-order valence-corrected chi connectivity index (χ4v) is 2.60. The quantitative estimate of drug-likeness (QED) is 0.682. The lowest BCUT2D eigenvalue weighted by atomic mass is 9.87. The molecule has 0 heterocycles. The maximum Gasteiger partial charge on any atom is 0.319 e. The van der Waals surface area contributed by atoms with Crippen LogP contribution in [-0.4, -0.2) is 26.3 Å². The van der Waals surface area contributed by atoms with Gasteiger partial charge in [0, 0.05) is 6.54 Å². The number of hydrogen-bond donors (Lipinski definition) is 2. The Morgan fingerprint density at radius 3 is 2.41 bits per heavy atom. The van der Waals surface area contributed by atoms with Crippen LogP contribution in [0.5, 0.6) is 11.5 Å². The summed E-state index contributed by atoms with van der Waals surface area (Å²) in [6, 6.07) is 13.6. The van der Waals surface area contributed by atoms with E-state index in [1.807, 2.05) is 37.3 Å². The molecule has 0 unspecified atom stereocenters. The molecule has 2 aromatic rings. The van der Waals surface area contributed by atoms with Crippen molar-refractivity contribution >= 4 is 11.7 Å². The average Bonchev–Trinajstić information content (AvgIpc) is 2.61. The lowest BCUT2D eigenvalue weighted by molar-refractivity contribution is 0.250. The Morgan fingerprint density at radius 2 is 1.78 bits per heavy atom. The van der Waals surface area contributed by atoms with Crippen molar-refractivity contribution in [2.45, 2.75) is 39.5 Å². The molecule has 5 nitrogen and oxygen atoms in total. The number of anilines is 1. The van der Waals surface area contributed by atoms with Crippen LogP contribution < -0.4 is 20.1 Å². The number of carbonyl (C=O) groups is 1. The van der Waals surface area contributed by atoms with Crippen LogP contribution in [0.4, 0.5) is 10.5 Å². The Morgan fingerprint density at radius 1 is 1.07 bits per heavy atom. The summed E-state index contributed by atoms with van der Waals surface area (Å²) >= 11 is 0. The monoisotopic (exact) mass is 370 g/mol. The van der Waals surface area contributed by atoms with Crippen LogP contribution in [-0.2, 0) is 5.41 Å². The summed E-state index contributed by atoms with van der Waals surface area (Å²) in [4.78, 5) is 12.0. The van der Waals surface area contributed by atoms with Crippen molar-refractivity contribution in [3.63, 3.8) is 0 Å². The number of methoxy groups -OCH3 is 1. The van der Waals surface area contributed by atoms with E-state index in [4.69, 9.17) is 9.47 Å². The SMILES string of the molecule is COc1ccc(C)cc1NC(=O)NCCCOc1ccc(C(C)(C)C)cc1. The average molecular weight is 370 g/mol. The highest BCUT2D eigenvalue weighted by molar-refractivity contribution is 5.91. The Bertz CT molecular complexity index is 749. The van der Waals surface area contributed by atoms with Gasteiger partial charge in [-0.25, -0.2) is 4.79 Å². The van der Waals surface area contributed by atoms with Crippen LogP contribution in [0.2, 0.25) is 0 Å². The number of nitrogens with one attached hydrogen (secondary N) is 2. The summed E-state index contributed by atoms with van der Waals surface area (Å²) in [5.74, 6) is 1.48. The van der Waals surface area contributed by atoms with Crippen LogP contribution in [0.1, 0.15) is 38.3 Å². The molecular weight excluding hydrogens is 340 g/mol. The molecule has 0 spiro atoms. The minimum Gasteiger partial charge on any atom is -0.495 e. The lowest BCUT2D eigenvalue weighted by Crippen LogP contribution is -2.30. The number of hydrogen-bond acceptors (Lipinski definition) is 3. The molecule has 27 heavy (non-hydrogen) atoms. The second-order valence-electron chi connectivity index (χ2n) is 7.56. The van der Waals surface area contributed by atoms with Gasteiger partial charge in [-0.3, -0.25) is 0 Å². The first-order valence-corrected chi connectivity index (χ1v) is 9.22. The number of rotatable bonds is 7. The zero-order valence-corrected chi connectivity index (χ0v) is 16.9. The molecule has 0 aromatic heterocycles. The second kappa shape index (κ2) is 9.31. The normalized spacial score (nSPS) is 11.0. The van der Waals surface area contributed by atoms with E-state index in [-0.39, 0.29) is 11.4 Å². The molecule has 0 aliphatic rings. The van der Waals surface area contributed by atoms with Gasteiger partial charge in [0.1, 0.15) is 11.5 Å². The Kier molecular flexibility index (Phi) is 7.11. The van der Waals surface area contributed by atoms with Crippen molar-refractivity contribution in [2.75, 3.05) is 25.6 Å². The highest BCUT2D eigenvalue weighted by Gasteiger charge is 2.13. The summed E-state index contributed by atoms with van der Waals surface area (Å²) < 4.78 is 11.0. The Hall–Kier alpha value is -2.69. The fraction of sp³-hybridized carbons (Fsp3) is 0.409. The molecule has 0 fully saturated rings. The molecule has 2 rings (SSSR count). The minimum absolute atomic E-state index is 0.135. The van der Waals surface area contributed by atoms with E-state index in [0.717, 1.165) is 17.7 Å². The largest absolute Gasteiger partial charge is 0.495 e. The number of amides is 2. The van der Waals surface area contributed by atoms with Crippen molar-refractivity contribution in [1.29, 1.82) is 0 Å². The lowest BCUT2D eigenvalue weighted by Gasteiger charge is -2.19. The Balaban J connectivity index is 1.71. The van der Waals surface area contributed by atoms with Gasteiger partial charge in [-0.15, -0.1) is 0 Å². The van der Waals surface area contributed by atoms with Crippen molar-refractivity contribution in [3.8, 4) is 11.5 Å². The van der Waals surface area contributed by atoms with Gasteiger partial charge in [0.05, 0.1) is 19.4 Å². The molecule has 0 saturated heterocycles. The van der Waals surface area contributed by atoms with Gasteiger partial charge in [0.25, 0.3) is 0 Å². The molecule has 2 N–H and O–H groups in total. The maximum absolute atomic E-state index is 12.0. The molecule has 146 valence electrons. The zero-order valence-electron chi connectivity index (χ0n) is 16.9. The minimum atomic E-state index is -0.256. The third-order valence-corrected chi connectivity index (χ3v) is 4.20. The number of ether oxygens (including phenoxy) is 2. The molecule has 2 amide bonds. The summed E-state index contributed by atoms with van der Waals surface area (Å²) in [5.41, 5.74) is 3.12. The van der Waals surface area contributed by atoms with Gasteiger partial charge in [0.15, 0.2) is 0 Å². The van der Waals surface area contributed by atoms with Gasteiger partial charge in [-0.1, -0.05) is 39.0 Å². The molecule has 0 radical (unpaired) electrons. The topological polar surface area (TPSA) is 59.6 Å². The second-order valence-corrected chi connectivity index (χ2v) is 7.56. The predicted molar refractivity (Wildman–Crippen MR) is 110 cm³/mol. The van der Waals surface area contributed by atoms with Crippen molar-refractivity contribution in [1.82, 2.24) is 5.32 Å². The highest BCUT2D eigenvalue weighted by atomic mass is 16.5. The van der Waals surface area contributed by atoms with E-state index in [1.54, 1.807) is 7.11 Å². The van der Waals surface area contributed by atoms with Gasteiger partial charge in [-0.05, 0) is 54.2 Å². The van der Waals surface area contributed by atoms with Crippen molar-refractivity contribution < 1.29 is 14.3 Å². The van der Waals surface area contributed by atoms with Gasteiger partial charge < -0.3 is 20.1 Å². The fourth-order valence-electron chi connectivity index (χ4n) is 2.60. The molecule has 0 atom stereocenters. The molecule has 2 aromatic carbocycles. The van der Waals surface area contributed by atoms with Gasteiger partial charge in [-0.2, -0.15) is 0 Å². The molecule has 5 heteroatoms. The molecule has 0 bridgehead atoms. The number of carbonyl (C=O) groups excluding carboxylic acids is 1. The first-order valence-electron chi connectivity index (χ1n) is 9.22. The van der Waals surface area contributed by atoms with Crippen LogP contribution in [0, 0.1) is 6.92 Å². The van der Waals surface area contributed by atoms with Crippen LogP contribution in [0.3, 0.4) is 0 Å². The van der Waals surface area contributed by atoms with E-state index < -0.39 is 0 Å². The molecule has 0 saturated carbocycles. The van der Waals surface area contributed by atoms with E-state index in [1.165, 1.54) is 5.56 Å². The van der Waals surface area contributed by atoms with Crippen molar-refractivity contribution in [3.05, 3.63) is 53.6 Å². The third kappa shape index (κ3) is 6.51. The number of urea groups is 1. The van der Waals surface area contributed by atoms with E-state index >= 15 is 0 Å². The van der Waals surface area contributed by atoms with E-state index in [9.17, 15) is 4.79 Å². The molecule has 0 aliphatic heterocycles. The summed E-state index contributed by atoms with van der Waals surface area (Å²) in [5, 5.41) is 5.65. The summed E-state index contributed by atoms with van der Waals surface area (Å²) in [6.07, 6.45) is 0.722. The highest BCUT2D eigenvalue weighted by Crippen LogP contribution is 2.25. The number of benzene rings is 2. The summed E-state index contributed by atoms with van der Waals surface area (Å²) in [6.45, 7) is 9.60. The first kappa shape index (κ1) is 20.6. The Labute approximate surface area is 162 Å². The van der Waals surface area contributed by atoms with Crippen LogP contribution >= 0.6 is 0 Å². The van der Waals surface area contributed by atoms with Crippen molar-refractivity contribution in [2.24, 2.45) is 0 Å². The smallest absolute Gasteiger partial charge is 0.319 e. The van der Waals surface area contributed by atoms with E-state index in [0.29, 0.717) is 24.6 Å². The standard InChI is InChI=1S/C22H30N2O3/c1-16-7-12-20(26-5)19(15-16)24-21(25)23-13-6-14-27-18-10-8-17(9-11-18)22(2,3)4/h7-12,15H,6,13-14H2,1-5H3,(H2,23,24,25). The third-order valence-electron chi connectivity index (χ3n) is 4.20. The van der Waals surface area contributed by atoms with Gasteiger partial charge in [0.2, 0.25) is 0 Å². The molecular formula is C22H30N2O3. The summed E-state index contributed by atoms with van der Waals surface area (Å²) in [7, 11) is 1.58. The van der Waals surface area contributed by atoms with Crippen LogP contribution in [0.25, 0.3) is 0 Å². The van der Waals surface area contributed by atoms with Gasteiger partial charge >= 0.3 is 6.03 Å². The maximum atomic E-state index is 12.0.